The van der Waals surface area contributed by atoms with Crippen molar-refractivity contribution in [3.8, 4) is 0 Å². The Labute approximate surface area is 123 Å². The van der Waals surface area contributed by atoms with Gasteiger partial charge in [0.15, 0.2) is 0 Å². The number of piperidine rings is 1. The van der Waals surface area contributed by atoms with Gasteiger partial charge >= 0.3 is 0 Å². The molecule has 2 heterocycles. The monoisotopic (exact) mass is 276 g/mol. The first-order chi connectivity index (χ1) is 9.69. The van der Waals surface area contributed by atoms with Gasteiger partial charge in [-0.2, -0.15) is 0 Å². The van der Waals surface area contributed by atoms with Crippen molar-refractivity contribution in [3.05, 3.63) is 23.9 Å². The van der Waals surface area contributed by atoms with E-state index in [-0.39, 0.29) is 0 Å². The van der Waals surface area contributed by atoms with E-state index in [0.717, 1.165) is 25.3 Å². The van der Waals surface area contributed by atoms with Gasteiger partial charge in [-0.05, 0) is 57.6 Å². The predicted octanol–water partition coefficient (Wildman–Crippen LogP) is 2.43. The molecule has 112 valence electrons. The molecule has 1 aromatic heterocycles. The van der Waals surface area contributed by atoms with E-state index in [1.165, 1.54) is 31.5 Å². The van der Waals surface area contributed by atoms with E-state index in [1.54, 1.807) is 0 Å². The first-order valence-electron chi connectivity index (χ1n) is 7.76. The minimum absolute atomic E-state index is 0.697. The molecule has 1 unspecified atom stereocenters. The number of anilines is 1. The standard InChI is InChI=1S/C16H28N4/c1-4-8-17-16-11-14(7-9-18-16)12-20-10-5-6-15(13-20)19(2)3/h7,9,11,15H,4-6,8,10,12-13H2,1-3H3,(H,17,18). The van der Waals surface area contributed by atoms with Gasteiger partial charge in [0, 0.05) is 31.9 Å². The van der Waals surface area contributed by atoms with Gasteiger partial charge in [-0.1, -0.05) is 6.92 Å². The molecule has 0 amide bonds. The average molecular weight is 276 g/mol. The molecule has 1 atom stereocenters. The van der Waals surface area contributed by atoms with E-state index in [9.17, 15) is 0 Å². The quantitative estimate of drug-likeness (QED) is 0.864. The van der Waals surface area contributed by atoms with Crippen LogP contribution in [0.5, 0.6) is 0 Å². The zero-order valence-corrected chi connectivity index (χ0v) is 13.1. The molecule has 2 rings (SSSR count). The van der Waals surface area contributed by atoms with Crippen LogP contribution in [-0.4, -0.2) is 54.6 Å². The molecule has 0 radical (unpaired) electrons. The topological polar surface area (TPSA) is 31.4 Å². The molecule has 1 fully saturated rings. The molecular weight excluding hydrogens is 248 g/mol. The summed E-state index contributed by atoms with van der Waals surface area (Å²) in [6.45, 7) is 6.58. The lowest BCUT2D eigenvalue weighted by atomic mass is 10.0. The van der Waals surface area contributed by atoms with Gasteiger partial charge in [0.2, 0.25) is 0 Å². The first kappa shape index (κ1) is 15.3. The highest BCUT2D eigenvalue weighted by Crippen LogP contribution is 2.17. The van der Waals surface area contributed by atoms with Crippen LogP contribution < -0.4 is 5.32 Å². The van der Waals surface area contributed by atoms with E-state index in [1.807, 2.05) is 6.20 Å². The van der Waals surface area contributed by atoms with Crippen molar-refractivity contribution >= 4 is 5.82 Å². The Balaban J connectivity index is 1.92. The van der Waals surface area contributed by atoms with E-state index in [4.69, 9.17) is 0 Å². The van der Waals surface area contributed by atoms with Gasteiger partial charge in [-0.25, -0.2) is 4.98 Å². The number of aromatic nitrogens is 1. The Morgan fingerprint density at radius 1 is 1.45 bits per heavy atom. The van der Waals surface area contributed by atoms with Crippen LogP contribution in [0.2, 0.25) is 0 Å². The van der Waals surface area contributed by atoms with Crippen LogP contribution in [0.4, 0.5) is 5.82 Å². The number of hydrogen-bond acceptors (Lipinski definition) is 4. The van der Waals surface area contributed by atoms with Crippen molar-refractivity contribution < 1.29 is 0 Å². The Morgan fingerprint density at radius 3 is 3.05 bits per heavy atom. The molecule has 1 aliphatic heterocycles. The summed E-state index contributed by atoms with van der Waals surface area (Å²) in [4.78, 5) is 9.29. The third kappa shape index (κ3) is 4.46. The average Bonchev–Trinajstić information content (AvgIpc) is 2.46. The van der Waals surface area contributed by atoms with Crippen LogP contribution in [0, 0.1) is 0 Å². The molecule has 20 heavy (non-hydrogen) atoms. The van der Waals surface area contributed by atoms with Crippen LogP contribution >= 0.6 is 0 Å². The highest BCUT2D eigenvalue weighted by molar-refractivity contribution is 5.37. The maximum Gasteiger partial charge on any atom is 0.126 e. The molecule has 4 nitrogen and oxygen atoms in total. The number of rotatable bonds is 6. The highest BCUT2D eigenvalue weighted by atomic mass is 15.2. The molecule has 0 bridgehead atoms. The molecule has 0 aliphatic carbocycles. The number of likely N-dealkylation sites (N-methyl/N-ethyl adjacent to an activating group) is 1. The zero-order valence-electron chi connectivity index (χ0n) is 13.1. The summed E-state index contributed by atoms with van der Waals surface area (Å²) in [5, 5.41) is 3.36. The number of likely N-dealkylation sites (tertiary alicyclic amines) is 1. The van der Waals surface area contributed by atoms with Crippen LogP contribution in [0.3, 0.4) is 0 Å². The van der Waals surface area contributed by atoms with E-state index in [2.05, 4.69) is 53.3 Å². The van der Waals surface area contributed by atoms with Gasteiger partial charge < -0.3 is 10.2 Å². The SMILES string of the molecule is CCCNc1cc(CN2CCCC(N(C)C)C2)ccn1. The van der Waals surface area contributed by atoms with Gasteiger partial charge in [0.1, 0.15) is 5.82 Å². The smallest absolute Gasteiger partial charge is 0.126 e. The molecule has 1 aliphatic rings. The Morgan fingerprint density at radius 2 is 2.30 bits per heavy atom. The lowest BCUT2D eigenvalue weighted by Gasteiger charge is -2.36. The second kappa shape index (κ2) is 7.60. The van der Waals surface area contributed by atoms with Gasteiger partial charge in [0.25, 0.3) is 0 Å². The summed E-state index contributed by atoms with van der Waals surface area (Å²) >= 11 is 0. The van der Waals surface area contributed by atoms with E-state index >= 15 is 0 Å². The highest BCUT2D eigenvalue weighted by Gasteiger charge is 2.21. The predicted molar refractivity (Wildman–Crippen MR) is 85.0 cm³/mol. The lowest BCUT2D eigenvalue weighted by Crippen LogP contribution is -2.44. The summed E-state index contributed by atoms with van der Waals surface area (Å²) in [5.41, 5.74) is 1.36. The zero-order chi connectivity index (χ0) is 14.4. The molecule has 1 saturated heterocycles. The number of pyridine rings is 1. The van der Waals surface area contributed by atoms with Crippen LogP contribution in [0.1, 0.15) is 31.7 Å². The van der Waals surface area contributed by atoms with Gasteiger partial charge in [-0.15, -0.1) is 0 Å². The summed E-state index contributed by atoms with van der Waals surface area (Å²) in [7, 11) is 4.38. The summed E-state index contributed by atoms with van der Waals surface area (Å²) in [5.74, 6) is 1.01. The minimum Gasteiger partial charge on any atom is -0.370 e. The number of nitrogens with zero attached hydrogens (tertiary/aromatic N) is 3. The van der Waals surface area contributed by atoms with Crippen molar-refractivity contribution in [3.63, 3.8) is 0 Å². The largest absolute Gasteiger partial charge is 0.370 e. The second-order valence-corrected chi connectivity index (χ2v) is 5.97. The van der Waals surface area contributed by atoms with Gasteiger partial charge in [0.05, 0.1) is 0 Å². The van der Waals surface area contributed by atoms with Crippen molar-refractivity contribution in [1.29, 1.82) is 0 Å². The van der Waals surface area contributed by atoms with E-state index in [0.29, 0.717) is 6.04 Å². The Hall–Kier alpha value is -1.13. The summed E-state index contributed by atoms with van der Waals surface area (Å²) in [6.07, 6.45) is 5.67. The third-order valence-corrected chi connectivity index (χ3v) is 4.00. The fourth-order valence-corrected chi connectivity index (χ4v) is 2.78. The molecule has 4 heteroatoms. The number of nitrogens with one attached hydrogen (secondary N) is 1. The summed E-state index contributed by atoms with van der Waals surface area (Å²) < 4.78 is 0. The fraction of sp³-hybridized carbons (Fsp3) is 0.688. The first-order valence-corrected chi connectivity index (χ1v) is 7.76. The maximum absolute atomic E-state index is 4.38. The Kier molecular flexibility index (Phi) is 5.80. The lowest BCUT2D eigenvalue weighted by molar-refractivity contribution is 0.128. The number of hydrogen-bond donors (Lipinski definition) is 1. The van der Waals surface area contributed by atoms with Crippen molar-refractivity contribution in [2.24, 2.45) is 0 Å². The molecular formula is C16H28N4. The molecule has 0 saturated carbocycles. The van der Waals surface area contributed by atoms with Crippen molar-refractivity contribution in [1.82, 2.24) is 14.8 Å². The molecule has 1 aromatic rings. The Bertz CT molecular complexity index is 405. The maximum atomic E-state index is 4.38. The van der Waals surface area contributed by atoms with Crippen LogP contribution in [0.15, 0.2) is 18.3 Å². The van der Waals surface area contributed by atoms with Gasteiger partial charge in [-0.3, -0.25) is 4.90 Å². The molecule has 0 aromatic carbocycles. The fourth-order valence-electron chi connectivity index (χ4n) is 2.78. The second-order valence-electron chi connectivity index (χ2n) is 5.97. The molecule has 0 spiro atoms. The van der Waals surface area contributed by atoms with Crippen LogP contribution in [-0.2, 0) is 6.54 Å². The third-order valence-electron chi connectivity index (χ3n) is 4.00. The summed E-state index contributed by atoms with van der Waals surface area (Å²) in [6, 6.07) is 5.02. The van der Waals surface area contributed by atoms with Crippen molar-refractivity contribution in [2.45, 2.75) is 38.8 Å². The van der Waals surface area contributed by atoms with Crippen molar-refractivity contribution in [2.75, 3.05) is 39.0 Å². The van der Waals surface area contributed by atoms with E-state index < -0.39 is 0 Å². The molecule has 1 N–H and O–H groups in total. The van der Waals surface area contributed by atoms with Crippen LogP contribution in [0.25, 0.3) is 0 Å². The normalized spacial score (nSPS) is 20.3. The minimum atomic E-state index is 0.697.